The smallest absolute Gasteiger partial charge is 0.307 e. The predicted molar refractivity (Wildman–Crippen MR) is 439 cm³/mol. The van der Waals surface area contributed by atoms with Gasteiger partial charge in [-0.3, -0.25) is 0 Å². The van der Waals surface area contributed by atoms with E-state index < -0.39 is 48.4 Å². The summed E-state index contributed by atoms with van der Waals surface area (Å²) in [5.74, 6) is 10.1. The largest absolute Gasteiger partial charge is 0.361 e. The van der Waals surface area contributed by atoms with Crippen molar-refractivity contribution in [3.63, 3.8) is 0 Å². The molecule has 6 atom stereocenters. The van der Waals surface area contributed by atoms with E-state index >= 15 is 0 Å². The van der Waals surface area contributed by atoms with Crippen LogP contribution >= 0.6 is 0 Å². The maximum atomic E-state index is 6.21. The van der Waals surface area contributed by atoms with Crippen LogP contribution in [0, 0.1) is 41.4 Å². The van der Waals surface area contributed by atoms with Crippen molar-refractivity contribution < 1.29 is 28.4 Å². The summed E-state index contributed by atoms with van der Waals surface area (Å²) in [6, 6.07) is 15.5. The molecule has 0 aromatic carbocycles. The molecule has 0 amide bonds. The molecule has 0 radical (unpaired) electrons. The first-order valence-corrected chi connectivity index (χ1v) is 61.8. The minimum atomic E-state index is -1.14. The number of hydrogen-bond acceptors (Lipinski definition) is 16. The lowest BCUT2D eigenvalue weighted by Crippen LogP contribution is -2.39. The summed E-state index contributed by atoms with van der Waals surface area (Å²) in [4.78, 5) is 21.7. The number of hydrazone groups is 1. The zero-order chi connectivity index (χ0) is 73.0. The lowest BCUT2D eigenvalue weighted by atomic mass is 9.78. The number of ether oxygens (including phenoxy) is 6. The highest BCUT2D eigenvalue weighted by molar-refractivity contribution is 6.77. The third-order valence-electron chi connectivity index (χ3n) is 21.9. The third kappa shape index (κ3) is 25.3. The van der Waals surface area contributed by atoms with Crippen LogP contribution in [0.3, 0.4) is 0 Å². The summed E-state index contributed by atoms with van der Waals surface area (Å²) < 4.78 is 41.1. The first-order valence-electron chi connectivity index (χ1n) is 39.6. The zero-order valence-electron chi connectivity index (χ0n) is 66.8. The molecular formula is C78H135N12O6Si6+. The van der Waals surface area contributed by atoms with Gasteiger partial charge in [0.1, 0.15) is 52.0 Å². The molecule has 24 heteroatoms. The Labute approximate surface area is 621 Å². The first-order chi connectivity index (χ1) is 48.2. The molecular weight excluding hydrogens is 1370 g/mol. The minimum absolute atomic E-state index is 0.500. The van der Waals surface area contributed by atoms with Crippen LogP contribution in [-0.2, 0) is 28.4 Å². The molecule has 12 rings (SSSR count). The summed E-state index contributed by atoms with van der Waals surface area (Å²) in [5, 5.41) is 15.6. The SMILES string of the molecule is C[Si](C)(C)CCOCN(COCC[Si](C)(C)C)C1=CC(C2CC3CCC(C3)C2)=NC2=C[C+]=NN21.C[Si](C)(C)CCOCN(COCC[Si](C)(C)C)c1cc(C2=C[C@@H]3CC[C@H](C2)C3)nc2ccnn12.C[Si](C)(C)CCOCN(COCC[Si](C)(C)C)c1cc(C2CC3CCC(C3)C2)nc2ccnn12. The highest BCUT2D eigenvalue weighted by atomic mass is 28.3. The van der Waals surface area contributed by atoms with Gasteiger partial charge in [0.15, 0.2) is 17.1 Å². The topological polar surface area (TPSA) is 153 Å². The van der Waals surface area contributed by atoms with Crippen molar-refractivity contribution in [2.75, 3.05) is 89.8 Å². The Kier molecular flexibility index (Phi) is 28.3. The second-order valence-corrected chi connectivity index (χ2v) is 72.5. The molecule has 6 heterocycles. The molecule has 0 saturated heterocycles. The highest BCUT2D eigenvalue weighted by Gasteiger charge is 2.42. The van der Waals surface area contributed by atoms with Crippen molar-refractivity contribution in [1.82, 2.24) is 39.1 Å². The van der Waals surface area contributed by atoms with Crippen molar-refractivity contribution in [3.05, 3.63) is 77.9 Å². The first kappa shape index (κ1) is 80.5. The average molecular weight is 1510 g/mol. The van der Waals surface area contributed by atoms with E-state index in [0.29, 0.717) is 52.2 Å². The summed E-state index contributed by atoms with van der Waals surface area (Å²) in [5.41, 5.74) is 6.76. The van der Waals surface area contributed by atoms with Crippen LogP contribution in [0.2, 0.25) is 154 Å². The number of allylic oxidation sites excluding steroid dienone is 4. The summed E-state index contributed by atoms with van der Waals surface area (Å²) in [7, 11) is -6.81. The van der Waals surface area contributed by atoms with Crippen LogP contribution < -0.4 is 9.80 Å². The van der Waals surface area contributed by atoms with Gasteiger partial charge in [0.2, 0.25) is 12.3 Å². The van der Waals surface area contributed by atoms with Crippen LogP contribution in [0.5, 0.6) is 0 Å². The van der Waals surface area contributed by atoms with Crippen molar-refractivity contribution in [3.8, 4) is 0 Å². The molecule has 6 bridgehead atoms. The van der Waals surface area contributed by atoms with Gasteiger partial charge >= 0.3 is 5.82 Å². The van der Waals surface area contributed by atoms with Gasteiger partial charge in [0.25, 0.3) is 0 Å². The highest BCUT2D eigenvalue weighted by Crippen LogP contribution is 2.49. The van der Waals surface area contributed by atoms with E-state index in [-0.39, 0.29) is 0 Å². The Morgan fingerprint density at radius 2 is 0.853 bits per heavy atom. The number of hydrogen-bond donors (Lipinski definition) is 0. The minimum Gasteiger partial charge on any atom is -0.361 e. The van der Waals surface area contributed by atoms with Gasteiger partial charge in [-0.25, -0.2) is 9.97 Å². The quantitative estimate of drug-likeness (QED) is 0.0184. The fourth-order valence-corrected chi connectivity index (χ4v) is 20.1. The molecule has 8 aliphatic rings. The number of nitrogens with zero attached hydrogens (tertiary/aromatic N) is 12. The number of anilines is 2. The lowest BCUT2D eigenvalue weighted by molar-refractivity contribution is -0.0328. The lowest BCUT2D eigenvalue weighted by Gasteiger charge is -2.33. The second kappa shape index (κ2) is 35.8. The number of aliphatic imine (C=N–C) groups is 1. The third-order valence-corrected chi connectivity index (χ3v) is 32.1. The number of aromatic nitrogens is 6. The van der Waals surface area contributed by atoms with Gasteiger partial charge in [-0.15, -0.1) is 4.99 Å². The van der Waals surface area contributed by atoms with E-state index in [0.717, 1.165) is 146 Å². The van der Waals surface area contributed by atoms with E-state index in [9.17, 15) is 0 Å². The molecule has 5 saturated carbocycles. The number of rotatable bonds is 36. The van der Waals surface area contributed by atoms with Gasteiger partial charge in [0.05, 0.1) is 23.8 Å². The molecule has 0 N–H and O–H groups in total. The van der Waals surface area contributed by atoms with Crippen molar-refractivity contribution in [2.24, 2.45) is 51.5 Å². The van der Waals surface area contributed by atoms with E-state index in [1.54, 1.807) is 0 Å². The van der Waals surface area contributed by atoms with Gasteiger partial charge in [-0.2, -0.15) is 19.2 Å². The van der Waals surface area contributed by atoms with Crippen molar-refractivity contribution in [2.45, 2.75) is 250 Å². The molecule has 2 aliphatic heterocycles. The maximum absolute atomic E-state index is 6.21. The fraction of sp³-hybridized carbons (Fsp3) is 0.744. The molecule has 0 spiro atoms. The molecule has 4 unspecified atom stereocenters. The van der Waals surface area contributed by atoms with Gasteiger partial charge in [0, 0.05) is 141 Å². The summed E-state index contributed by atoms with van der Waals surface area (Å²) >= 11 is 0. The Bertz CT molecular complexity index is 3390. The van der Waals surface area contributed by atoms with E-state index in [2.05, 4.69) is 178 Å². The van der Waals surface area contributed by atoms with E-state index in [4.69, 9.17) is 43.4 Å². The standard InChI is InChI=1S/C26H46N4O2Si2.C26H45N4O2Si2.C26H44N4O2Si2/c3*1-33(2,3)13-11-31-19-29(20-32-12-14-34(4,5)6)26-18-24(28-25-9-10-27-30(25)26)23-16-21-7-8-22(15-21)17-23/h9-10,18,21-23H,7-8,11-17,19-20H2,1-6H3;9,18,21-23H,7-8,11-17,19-20H2,1-6H3;9-10,16,18,21-22H,7-8,11-15,17,19-20H2,1-6H3/q;+1;/t;;21-,22+/m..1/s1. The fourth-order valence-electron chi connectivity index (χ4n) is 15.6. The Morgan fingerprint density at radius 3 is 1.28 bits per heavy atom. The predicted octanol–water partition coefficient (Wildman–Crippen LogP) is 18.9. The van der Waals surface area contributed by atoms with Crippen LogP contribution in [0.15, 0.2) is 76.6 Å². The van der Waals surface area contributed by atoms with E-state index in [1.165, 1.54) is 113 Å². The normalized spacial score (nSPS) is 23.3. The average Bonchev–Trinajstić information content (AvgIpc) is 1.57. The summed E-state index contributed by atoms with van der Waals surface area (Å²) in [6.07, 6.45) is 32.1. The molecule has 102 heavy (non-hydrogen) atoms. The van der Waals surface area contributed by atoms with Crippen LogP contribution in [-0.4, -0.2) is 180 Å². The van der Waals surface area contributed by atoms with Gasteiger partial charge < -0.3 is 43.1 Å². The zero-order valence-corrected chi connectivity index (χ0v) is 72.8. The molecule has 5 fully saturated rings. The Hall–Kier alpha value is -4.03. The van der Waals surface area contributed by atoms with Crippen LogP contribution in [0.1, 0.15) is 107 Å². The number of fused-ring (bicyclic) bond motifs is 9. The van der Waals surface area contributed by atoms with Gasteiger partial charge in [-0.1, -0.05) is 155 Å². The van der Waals surface area contributed by atoms with E-state index in [1.807, 2.05) is 44.6 Å². The Balaban J connectivity index is 0.000000165. The van der Waals surface area contributed by atoms with Crippen LogP contribution in [0.4, 0.5) is 11.6 Å². The van der Waals surface area contributed by atoms with Crippen molar-refractivity contribution in [1.29, 1.82) is 0 Å². The molecule has 18 nitrogen and oxygen atoms in total. The van der Waals surface area contributed by atoms with Crippen molar-refractivity contribution >= 4 is 88.9 Å². The molecule has 6 aliphatic carbocycles. The maximum Gasteiger partial charge on any atom is 0.307 e. The monoisotopic (exact) mass is 1500 g/mol. The van der Waals surface area contributed by atoms with Crippen LogP contribution in [0.25, 0.3) is 16.9 Å². The molecule has 566 valence electrons. The Morgan fingerprint density at radius 1 is 0.451 bits per heavy atom. The molecule has 4 aromatic heterocycles. The second-order valence-electron chi connectivity index (χ2n) is 38.8. The summed E-state index contributed by atoms with van der Waals surface area (Å²) in [6.45, 7) is 50.9. The molecule has 4 aromatic rings. The van der Waals surface area contributed by atoms with Gasteiger partial charge in [-0.05, 0) is 142 Å².